The highest BCUT2D eigenvalue weighted by Crippen LogP contribution is 2.32. The zero-order valence-corrected chi connectivity index (χ0v) is 12.0. The lowest BCUT2D eigenvalue weighted by Gasteiger charge is -2.16. The Labute approximate surface area is 112 Å². The van der Waals surface area contributed by atoms with Crippen molar-refractivity contribution < 1.29 is 0 Å². The van der Waals surface area contributed by atoms with Crippen LogP contribution in [-0.4, -0.2) is 0 Å². The lowest BCUT2D eigenvalue weighted by atomic mass is 9.95. The maximum atomic E-state index is 6.57. The molecule has 0 amide bonds. The summed E-state index contributed by atoms with van der Waals surface area (Å²) in [5, 5.41) is 2.18. The van der Waals surface area contributed by atoms with Crippen LogP contribution in [0.4, 0.5) is 0 Å². The van der Waals surface area contributed by atoms with Gasteiger partial charge in [-0.2, -0.15) is 0 Å². The van der Waals surface area contributed by atoms with E-state index in [0.29, 0.717) is 0 Å². The van der Waals surface area contributed by atoms with Crippen LogP contribution >= 0.6 is 22.9 Å². The van der Waals surface area contributed by atoms with Crippen LogP contribution in [0.3, 0.4) is 0 Å². The molecule has 2 heteroatoms. The molecule has 1 aromatic heterocycles. The van der Waals surface area contributed by atoms with E-state index in [-0.39, 0.29) is 5.38 Å². The van der Waals surface area contributed by atoms with Gasteiger partial charge in [-0.15, -0.1) is 22.9 Å². The predicted molar refractivity (Wildman–Crippen MR) is 77.3 cm³/mol. The summed E-state index contributed by atoms with van der Waals surface area (Å²) in [6, 6.07) is 8.66. The minimum absolute atomic E-state index is 0.0780. The van der Waals surface area contributed by atoms with Crippen LogP contribution in [0.2, 0.25) is 0 Å². The lowest BCUT2D eigenvalue weighted by molar-refractivity contribution is 0.913. The van der Waals surface area contributed by atoms with Crippen molar-refractivity contribution >= 4 is 22.9 Å². The second-order valence-corrected chi connectivity index (χ2v) is 6.12. The molecule has 90 valence electrons. The number of hydrogen-bond acceptors (Lipinski definition) is 1. The van der Waals surface area contributed by atoms with E-state index in [4.69, 9.17) is 11.6 Å². The van der Waals surface area contributed by atoms with Crippen LogP contribution < -0.4 is 0 Å². The fourth-order valence-corrected chi connectivity index (χ4v) is 3.75. The lowest BCUT2D eigenvalue weighted by Crippen LogP contribution is -2.01. The number of benzene rings is 1. The molecule has 0 aliphatic rings. The average Bonchev–Trinajstić information content (AvgIpc) is 2.68. The second kappa shape index (κ2) is 5.24. The molecule has 0 bridgehead atoms. The van der Waals surface area contributed by atoms with E-state index < -0.39 is 0 Å². The van der Waals surface area contributed by atoms with Gasteiger partial charge in [-0.25, -0.2) is 0 Å². The quantitative estimate of drug-likeness (QED) is 0.669. The van der Waals surface area contributed by atoms with E-state index in [1.165, 1.54) is 27.1 Å². The molecule has 0 N–H and O–H groups in total. The third-order valence-electron chi connectivity index (χ3n) is 3.01. The van der Waals surface area contributed by atoms with Crippen molar-refractivity contribution in [2.24, 2.45) is 0 Å². The summed E-state index contributed by atoms with van der Waals surface area (Å²) < 4.78 is 0. The van der Waals surface area contributed by atoms with Gasteiger partial charge in [0, 0.05) is 11.3 Å². The molecule has 17 heavy (non-hydrogen) atoms. The summed E-state index contributed by atoms with van der Waals surface area (Å²) in [5.41, 5.74) is 5.22. The molecular formula is C15H17ClS. The van der Waals surface area contributed by atoms with Gasteiger partial charge in [-0.05, 0) is 48.9 Å². The van der Waals surface area contributed by atoms with Gasteiger partial charge in [0.25, 0.3) is 0 Å². The first-order chi connectivity index (χ1) is 8.08. The van der Waals surface area contributed by atoms with Crippen LogP contribution in [0.15, 0.2) is 29.6 Å². The zero-order chi connectivity index (χ0) is 12.4. The van der Waals surface area contributed by atoms with Gasteiger partial charge < -0.3 is 0 Å². The molecule has 0 aliphatic carbocycles. The normalized spacial score (nSPS) is 12.7. The average molecular weight is 265 g/mol. The highest BCUT2D eigenvalue weighted by atomic mass is 35.5. The maximum Gasteiger partial charge on any atom is 0.0638 e. The third kappa shape index (κ3) is 2.91. The number of alkyl halides is 1. The standard InChI is InChI=1S/C15H17ClS/c1-10-7-11(2)15(12(3)8-10)14(16)9-13-5-4-6-17-13/h4-8,14H,9H2,1-3H3. The molecule has 0 fully saturated rings. The van der Waals surface area contributed by atoms with Crippen molar-refractivity contribution in [1.29, 1.82) is 0 Å². The largest absolute Gasteiger partial charge is 0.149 e. The Morgan fingerprint density at radius 3 is 2.35 bits per heavy atom. The topological polar surface area (TPSA) is 0 Å². The summed E-state index contributed by atoms with van der Waals surface area (Å²) >= 11 is 8.34. The van der Waals surface area contributed by atoms with Crippen molar-refractivity contribution in [3.05, 3.63) is 56.8 Å². The van der Waals surface area contributed by atoms with E-state index >= 15 is 0 Å². The Kier molecular flexibility index (Phi) is 3.90. The van der Waals surface area contributed by atoms with Gasteiger partial charge in [-0.3, -0.25) is 0 Å². The minimum Gasteiger partial charge on any atom is -0.149 e. The number of thiophene rings is 1. The Hall–Kier alpha value is -0.790. The van der Waals surface area contributed by atoms with Crippen molar-refractivity contribution in [2.75, 3.05) is 0 Å². The first kappa shape index (κ1) is 12.7. The van der Waals surface area contributed by atoms with Crippen molar-refractivity contribution in [3.8, 4) is 0 Å². The molecule has 0 saturated heterocycles. The maximum absolute atomic E-state index is 6.57. The van der Waals surface area contributed by atoms with E-state index in [1.807, 2.05) is 0 Å². The minimum atomic E-state index is 0.0780. The number of aryl methyl sites for hydroxylation is 3. The molecular weight excluding hydrogens is 248 g/mol. The van der Waals surface area contributed by atoms with Gasteiger partial charge in [0.2, 0.25) is 0 Å². The molecule has 1 aromatic carbocycles. The van der Waals surface area contributed by atoms with Gasteiger partial charge >= 0.3 is 0 Å². The smallest absolute Gasteiger partial charge is 0.0638 e. The number of rotatable bonds is 3. The highest BCUT2D eigenvalue weighted by Gasteiger charge is 2.15. The van der Waals surface area contributed by atoms with E-state index in [2.05, 4.69) is 50.4 Å². The van der Waals surface area contributed by atoms with E-state index in [1.54, 1.807) is 11.3 Å². The Morgan fingerprint density at radius 1 is 1.18 bits per heavy atom. The molecule has 1 atom stereocenters. The van der Waals surface area contributed by atoms with Crippen LogP contribution in [0, 0.1) is 20.8 Å². The Bertz CT molecular complexity index is 477. The molecule has 2 rings (SSSR count). The van der Waals surface area contributed by atoms with Crippen molar-refractivity contribution in [2.45, 2.75) is 32.6 Å². The Balaban J connectivity index is 2.27. The fraction of sp³-hybridized carbons (Fsp3) is 0.333. The van der Waals surface area contributed by atoms with Crippen LogP contribution in [-0.2, 0) is 6.42 Å². The second-order valence-electron chi connectivity index (χ2n) is 4.56. The molecule has 1 heterocycles. The van der Waals surface area contributed by atoms with Gasteiger partial charge in [0.15, 0.2) is 0 Å². The van der Waals surface area contributed by atoms with E-state index in [0.717, 1.165) is 6.42 Å². The van der Waals surface area contributed by atoms with Gasteiger partial charge in [0.05, 0.1) is 5.38 Å². The summed E-state index contributed by atoms with van der Waals surface area (Å²) in [5.74, 6) is 0. The van der Waals surface area contributed by atoms with Gasteiger partial charge in [-0.1, -0.05) is 23.8 Å². The Morgan fingerprint density at radius 2 is 1.82 bits per heavy atom. The molecule has 1 unspecified atom stereocenters. The zero-order valence-electron chi connectivity index (χ0n) is 10.5. The molecule has 0 spiro atoms. The molecule has 0 nitrogen and oxygen atoms in total. The summed E-state index contributed by atoms with van der Waals surface area (Å²) in [6.45, 7) is 6.44. The SMILES string of the molecule is Cc1cc(C)c(C(Cl)Cc2cccs2)c(C)c1. The predicted octanol–water partition coefficient (Wildman–Crippen LogP) is 5.20. The fourth-order valence-electron chi connectivity index (χ4n) is 2.39. The molecule has 0 saturated carbocycles. The molecule has 0 aliphatic heterocycles. The molecule has 2 aromatic rings. The van der Waals surface area contributed by atoms with Crippen LogP contribution in [0.25, 0.3) is 0 Å². The van der Waals surface area contributed by atoms with Crippen molar-refractivity contribution in [3.63, 3.8) is 0 Å². The van der Waals surface area contributed by atoms with Crippen molar-refractivity contribution in [1.82, 2.24) is 0 Å². The number of hydrogen-bond donors (Lipinski definition) is 0. The summed E-state index contributed by atoms with van der Waals surface area (Å²) in [6.07, 6.45) is 0.921. The molecule has 0 radical (unpaired) electrons. The van der Waals surface area contributed by atoms with Crippen LogP contribution in [0.1, 0.15) is 32.5 Å². The first-order valence-electron chi connectivity index (χ1n) is 5.82. The highest BCUT2D eigenvalue weighted by molar-refractivity contribution is 7.09. The summed E-state index contributed by atoms with van der Waals surface area (Å²) in [7, 11) is 0. The monoisotopic (exact) mass is 264 g/mol. The number of halogens is 1. The third-order valence-corrected chi connectivity index (χ3v) is 4.28. The summed E-state index contributed by atoms with van der Waals surface area (Å²) in [4.78, 5) is 1.35. The van der Waals surface area contributed by atoms with Crippen LogP contribution in [0.5, 0.6) is 0 Å². The van der Waals surface area contributed by atoms with Gasteiger partial charge in [0.1, 0.15) is 0 Å². The first-order valence-corrected chi connectivity index (χ1v) is 7.13. The van der Waals surface area contributed by atoms with E-state index in [9.17, 15) is 0 Å².